The first-order valence-corrected chi connectivity index (χ1v) is 10.7. The van der Waals surface area contributed by atoms with Gasteiger partial charge < -0.3 is 0 Å². The van der Waals surface area contributed by atoms with E-state index in [1.807, 2.05) is 36.4 Å². The first-order valence-electron chi connectivity index (χ1n) is 9.07. The van der Waals surface area contributed by atoms with Gasteiger partial charge in [-0.1, -0.05) is 72.4 Å². The van der Waals surface area contributed by atoms with Crippen LogP contribution in [-0.2, 0) is 0 Å². The van der Waals surface area contributed by atoms with Gasteiger partial charge in [0.15, 0.2) is 5.43 Å². The molecule has 5 rings (SSSR count). The highest BCUT2D eigenvalue weighted by atomic mass is 32.2. The third-order valence-electron chi connectivity index (χ3n) is 4.75. The van der Waals surface area contributed by atoms with Crippen LogP contribution in [0.3, 0.4) is 0 Å². The molecular formula is C25H16OS2. The third-order valence-corrected chi connectivity index (χ3v) is 6.96. The highest BCUT2D eigenvalue weighted by Gasteiger charge is 2.09. The molecule has 3 heteroatoms. The Morgan fingerprint density at radius 2 is 1.36 bits per heavy atom. The van der Waals surface area contributed by atoms with Crippen molar-refractivity contribution in [3.63, 3.8) is 0 Å². The molecule has 0 amide bonds. The molecule has 0 spiro atoms. The monoisotopic (exact) mass is 396 g/mol. The van der Waals surface area contributed by atoms with E-state index in [1.54, 1.807) is 23.1 Å². The first kappa shape index (κ1) is 17.2. The maximum Gasteiger partial charge on any atom is 0.195 e. The summed E-state index contributed by atoms with van der Waals surface area (Å²) in [5, 5.41) is 1.60. The van der Waals surface area contributed by atoms with Crippen molar-refractivity contribution in [1.29, 1.82) is 0 Å². The van der Waals surface area contributed by atoms with Crippen LogP contribution in [-0.4, -0.2) is 0 Å². The van der Waals surface area contributed by atoms with E-state index in [-0.39, 0.29) is 5.43 Å². The summed E-state index contributed by atoms with van der Waals surface area (Å²) in [4.78, 5) is 15.2. The van der Waals surface area contributed by atoms with Gasteiger partial charge in [-0.25, -0.2) is 0 Å². The molecule has 5 aromatic rings. The first-order chi connectivity index (χ1) is 13.8. The molecule has 0 bridgehead atoms. The molecule has 0 saturated carbocycles. The highest BCUT2D eigenvalue weighted by molar-refractivity contribution is 7.99. The molecule has 1 heterocycles. The summed E-state index contributed by atoms with van der Waals surface area (Å²) in [7, 11) is 0. The third kappa shape index (κ3) is 3.13. The number of benzene rings is 4. The van der Waals surface area contributed by atoms with Gasteiger partial charge in [-0.05, 0) is 47.5 Å². The fraction of sp³-hybridized carbons (Fsp3) is 0. The van der Waals surface area contributed by atoms with Crippen LogP contribution < -0.4 is 5.43 Å². The quantitative estimate of drug-likeness (QED) is 0.299. The van der Waals surface area contributed by atoms with Crippen molar-refractivity contribution in [1.82, 2.24) is 0 Å². The van der Waals surface area contributed by atoms with Gasteiger partial charge in [0, 0.05) is 30.0 Å². The maximum atomic E-state index is 13.0. The molecule has 28 heavy (non-hydrogen) atoms. The van der Waals surface area contributed by atoms with Crippen LogP contribution in [0.2, 0.25) is 0 Å². The lowest BCUT2D eigenvalue weighted by molar-refractivity contribution is 1.41. The number of hydrogen-bond donors (Lipinski definition) is 0. The Hall–Kier alpha value is -2.88. The van der Waals surface area contributed by atoms with Crippen LogP contribution in [0.5, 0.6) is 0 Å². The molecule has 0 radical (unpaired) electrons. The minimum Gasteiger partial charge on any atom is -0.289 e. The number of hydrogen-bond acceptors (Lipinski definition) is 3. The second-order valence-electron chi connectivity index (χ2n) is 6.55. The smallest absolute Gasteiger partial charge is 0.195 e. The zero-order valence-electron chi connectivity index (χ0n) is 15.0. The minimum atomic E-state index is 0.114. The Morgan fingerprint density at radius 1 is 0.643 bits per heavy atom. The fourth-order valence-corrected chi connectivity index (χ4v) is 5.45. The Bertz CT molecular complexity index is 1350. The molecule has 0 aliphatic rings. The van der Waals surface area contributed by atoms with Crippen LogP contribution >= 0.6 is 23.1 Å². The zero-order chi connectivity index (χ0) is 18.9. The normalized spacial score (nSPS) is 11.1. The Morgan fingerprint density at radius 3 is 2.25 bits per heavy atom. The SMILES string of the molecule is O=c1c2ccccc2sc2ccc(Sc3ccccc3-c3ccccc3)cc12. The summed E-state index contributed by atoms with van der Waals surface area (Å²) in [5.74, 6) is 0. The molecule has 0 aliphatic carbocycles. The van der Waals surface area contributed by atoms with E-state index in [9.17, 15) is 4.79 Å². The summed E-state index contributed by atoms with van der Waals surface area (Å²) in [6.45, 7) is 0. The van der Waals surface area contributed by atoms with E-state index in [2.05, 4.69) is 60.7 Å². The maximum absolute atomic E-state index is 13.0. The Balaban J connectivity index is 1.61. The van der Waals surface area contributed by atoms with Crippen LogP contribution in [0.25, 0.3) is 31.3 Å². The molecule has 134 valence electrons. The zero-order valence-corrected chi connectivity index (χ0v) is 16.6. The van der Waals surface area contributed by atoms with E-state index < -0.39 is 0 Å². The van der Waals surface area contributed by atoms with Crippen molar-refractivity contribution in [2.24, 2.45) is 0 Å². The van der Waals surface area contributed by atoms with E-state index >= 15 is 0 Å². The second-order valence-corrected chi connectivity index (χ2v) is 8.75. The van der Waals surface area contributed by atoms with Crippen molar-refractivity contribution in [2.75, 3.05) is 0 Å². The van der Waals surface area contributed by atoms with Gasteiger partial charge in [0.05, 0.1) is 0 Å². The molecule has 4 aromatic carbocycles. The van der Waals surface area contributed by atoms with Crippen LogP contribution in [0.1, 0.15) is 0 Å². The van der Waals surface area contributed by atoms with Crippen molar-refractivity contribution in [3.8, 4) is 11.1 Å². The van der Waals surface area contributed by atoms with Crippen molar-refractivity contribution < 1.29 is 0 Å². The lowest BCUT2D eigenvalue weighted by Crippen LogP contribution is -2.00. The molecule has 0 atom stereocenters. The summed E-state index contributed by atoms with van der Waals surface area (Å²) >= 11 is 3.37. The fourth-order valence-electron chi connectivity index (χ4n) is 3.38. The number of rotatable bonds is 3. The average Bonchev–Trinajstić information content (AvgIpc) is 2.75. The molecule has 1 aromatic heterocycles. The number of fused-ring (bicyclic) bond motifs is 2. The van der Waals surface area contributed by atoms with Crippen LogP contribution in [0.4, 0.5) is 0 Å². The molecule has 0 saturated heterocycles. The van der Waals surface area contributed by atoms with Gasteiger partial charge in [0.1, 0.15) is 0 Å². The van der Waals surface area contributed by atoms with Gasteiger partial charge >= 0.3 is 0 Å². The van der Waals surface area contributed by atoms with E-state index in [0.29, 0.717) is 0 Å². The minimum absolute atomic E-state index is 0.114. The Kier molecular flexibility index (Phi) is 4.47. The van der Waals surface area contributed by atoms with Crippen LogP contribution in [0.15, 0.2) is 112 Å². The predicted molar refractivity (Wildman–Crippen MR) is 122 cm³/mol. The average molecular weight is 397 g/mol. The van der Waals surface area contributed by atoms with Gasteiger partial charge in [-0.2, -0.15) is 0 Å². The summed E-state index contributed by atoms with van der Waals surface area (Å²) in [6.07, 6.45) is 0. The van der Waals surface area contributed by atoms with Crippen molar-refractivity contribution >= 4 is 43.3 Å². The van der Waals surface area contributed by atoms with Gasteiger partial charge in [0.25, 0.3) is 0 Å². The van der Waals surface area contributed by atoms with Crippen LogP contribution in [0, 0.1) is 0 Å². The van der Waals surface area contributed by atoms with E-state index in [0.717, 1.165) is 25.1 Å². The topological polar surface area (TPSA) is 17.1 Å². The summed E-state index contributed by atoms with van der Waals surface area (Å²) < 4.78 is 2.07. The standard InChI is InChI=1S/C25H16OS2/c26-25-20-11-5-7-13-23(20)28-24-15-14-18(16-21(24)25)27-22-12-6-4-10-19(22)17-8-2-1-3-9-17/h1-16H. The predicted octanol–water partition coefficient (Wildman–Crippen LogP) is 7.23. The summed E-state index contributed by atoms with van der Waals surface area (Å²) in [6, 6.07) is 32.9. The van der Waals surface area contributed by atoms with Gasteiger partial charge in [0.2, 0.25) is 0 Å². The van der Waals surface area contributed by atoms with E-state index in [1.165, 1.54) is 16.0 Å². The van der Waals surface area contributed by atoms with E-state index in [4.69, 9.17) is 0 Å². The Labute approximate surface area is 171 Å². The molecule has 1 nitrogen and oxygen atoms in total. The van der Waals surface area contributed by atoms with Gasteiger partial charge in [-0.15, -0.1) is 11.3 Å². The summed E-state index contributed by atoms with van der Waals surface area (Å²) in [5.41, 5.74) is 2.52. The van der Waals surface area contributed by atoms with Crippen molar-refractivity contribution in [3.05, 3.63) is 107 Å². The lowest BCUT2D eigenvalue weighted by Gasteiger charge is -2.10. The largest absolute Gasteiger partial charge is 0.289 e. The van der Waals surface area contributed by atoms with Crippen molar-refractivity contribution in [2.45, 2.75) is 9.79 Å². The second kappa shape index (κ2) is 7.27. The molecule has 0 N–H and O–H groups in total. The molecular weight excluding hydrogens is 380 g/mol. The molecule has 0 fully saturated rings. The van der Waals surface area contributed by atoms with Gasteiger partial charge in [-0.3, -0.25) is 4.79 Å². The molecule has 0 unspecified atom stereocenters. The highest BCUT2D eigenvalue weighted by Crippen LogP contribution is 2.37. The molecule has 0 aliphatic heterocycles. The lowest BCUT2D eigenvalue weighted by atomic mass is 10.1.